The molecule has 0 fully saturated rings. The zero-order chi connectivity index (χ0) is 20.9. The summed E-state index contributed by atoms with van der Waals surface area (Å²) in [7, 11) is 0. The van der Waals surface area contributed by atoms with Gasteiger partial charge in [0.25, 0.3) is 0 Å². The van der Waals surface area contributed by atoms with Crippen LogP contribution in [-0.4, -0.2) is 33.3 Å². The number of carbonyl (C=O) groups excluding carboxylic acids is 4. The van der Waals surface area contributed by atoms with Crippen LogP contribution in [0.5, 0.6) is 0 Å². The summed E-state index contributed by atoms with van der Waals surface area (Å²) in [4.78, 5) is 50.8. The molecule has 0 amide bonds. The van der Waals surface area contributed by atoms with Crippen LogP contribution in [0.2, 0.25) is 0 Å². The number of aliphatic hydroxyl groups is 2. The van der Waals surface area contributed by atoms with E-state index in [0.29, 0.717) is 0 Å². The zero-order valence-corrected chi connectivity index (χ0v) is 15.4. The van der Waals surface area contributed by atoms with Gasteiger partial charge < -0.3 is 10.2 Å². The Bertz CT molecular complexity index is 1090. The molecule has 0 saturated carbocycles. The summed E-state index contributed by atoms with van der Waals surface area (Å²) in [5, 5.41) is 21.6. The first kappa shape index (κ1) is 18.6. The van der Waals surface area contributed by atoms with E-state index >= 15 is 0 Å². The van der Waals surface area contributed by atoms with Gasteiger partial charge in [-0.15, -0.1) is 0 Å². The summed E-state index contributed by atoms with van der Waals surface area (Å²) in [5.74, 6) is -5.46. The molecule has 0 radical (unpaired) electrons. The monoisotopic (exact) mass is 388 g/mol. The number of Topliss-reactive ketones (excluding diaryl/α,β-unsaturated/α-hetero) is 4. The molecule has 0 spiro atoms. The van der Waals surface area contributed by atoms with Gasteiger partial charge in [0.1, 0.15) is 11.5 Å². The Balaban J connectivity index is 1.97. The van der Waals surface area contributed by atoms with Crippen LogP contribution in [0.1, 0.15) is 45.2 Å². The molecule has 6 nitrogen and oxygen atoms in total. The standard InChI is InChI=1S/C23H16O6/c1-2-11(16-18(24)12-7-3-5-9-14(12)20(26)22(16)28)17-19(25)13-8-4-6-10-15(13)21(27)23(17)29/h3-11,24-25H,2H2,1H3. The average molecular weight is 388 g/mol. The molecule has 6 heteroatoms. The van der Waals surface area contributed by atoms with Crippen molar-refractivity contribution in [3.8, 4) is 0 Å². The minimum atomic E-state index is -1.11. The molecule has 0 heterocycles. The van der Waals surface area contributed by atoms with Crippen LogP contribution in [-0.2, 0) is 9.59 Å². The molecule has 2 aliphatic carbocycles. The summed E-state index contributed by atoms with van der Waals surface area (Å²) in [5.41, 5.74) is -0.0517. The number of carbonyl (C=O) groups is 4. The lowest BCUT2D eigenvalue weighted by Crippen LogP contribution is -2.34. The predicted molar refractivity (Wildman–Crippen MR) is 104 cm³/mol. The molecular weight excluding hydrogens is 372 g/mol. The van der Waals surface area contributed by atoms with E-state index in [9.17, 15) is 29.4 Å². The number of hydrogen-bond donors (Lipinski definition) is 2. The molecule has 2 aromatic rings. The van der Waals surface area contributed by atoms with Crippen molar-refractivity contribution in [2.75, 3.05) is 0 Å². The Morgan fingerprint density at radius 1 is 0.621 bits per heavy atom. The Kier molecular flexibility index (Phi) is 4.27. The SMILES string of the molecule is CCC(C1=C(O)c2ccccc2C(=O)C1=O)C1=C(O)c2ccccc2C(=O)C1=O. The average Bonchev–Trinajstić information content (AvgIpc) is 2.75. The lowest BCUT2D eigenvalue weighted by molar-refractivity contribution is -0.113. The number of ketones is 4. The molecule has 0 atom stereocenters. The van der Waals surface area contributed by atoms with Crippen LogP contribution < -0.4 is 0 Å². The highest BCUT2D eigenvalue weighted by molar-refractivity contribution is 6.54. The summed E-state index contributed by atoms with van der Waals surface area (Å²) in [6.07, 6.45) is 0.112. The molecule has 29 heavy (non-hydrogen) atoms. The Morgan fingerprint density at radius 2 is 0.966 bits per heavy atom. The van der Waals surface area contributed by atoms with Crippen LogP contribution in [0.15, 0.2) is 59.7 Å². The van der Waals surface area contributed by atoms with Gasteiger partial charge in [0.05, 0.1) is 11.1 Å². The molecule has 0 bridgehead atoms. The number of allylic oxidation sites excluding steroid dienone is 2. The Hall–Kier alpha value is -3.80. The van der Waals surface area contributed by atoms with Crippen molar-refractivity contribution in [1.29, 1.82) is 0 Å². The van der Waals surface area contributed by atoms with Gasteiger partial charge in [-0.3, -0.25) is 19.2 Å². The van der Waals surface area contributed by atoms with Gasteiger partial charge in [0.2, 0.25) is 23.1 Å². The van der Waals surface area contributed by atoms with E-state index in [-0.39, 0.29) is 39.8 Å². The fourth-order valence-corrected chi connectivity index (χ4v) is 3.97. The fraction of sp³-hybridized carbons (Fsp3) is 0.130. The highest BCUT2D eigenvalue weighted by Crippen LogP contribution is 2.40. The van der Waals surface area contributed by atoms with Crippen LogP contribution >= 0.6 is 0 Å². The third kappa shape index (κ3) is 2.56. The molecular formula is C23H16O6. The lowest BCUT2D eigenvalue weighted by atomic mass is 9.74. The highest BCUT2D eigenvalue weighted by atomic mass is 16.3. The van der Waals surface area contributed by atoms with Crippen molar-refractivity contribution >= 4 is 34.7 Å². The second kappa shape index (κ2) is 6.67. The first-order valence-electron chi connectivity index (χ1n) is 9.11. The van der Waals surface area contributed by atoms with Crippen LogP contribution in [0, 0.1) is 5.92 Å². The van der Waals surface area contributed by atoms with Crippen LogP contribution in [0.3, 0.4) is 0 Å². The van der Waals surface area contributed by atoms with Gasteiger partial charge >= 0.3 is 0 Å². The van der Waals surface area contributed by atoms with Crippen molar-refractivity contribution in [3.63, 3.8) is 0 Å². The maximum Gasteiger partial charge on any atom is 0.234 e. The second-order valence-corrected chi connectivity index (χ2v) is 6.89. The van der Waals surface area contributed by atoms with E-state index in [1.54, 1.807) is 31.2 Å². The number of rotatable bonds is 3. The van der Waals surface area contributed by atoms with E-state index in [1.165, 1.54) is 24.3 Å². The largest absolute Gasteiger partial charge is 0.507 e. The third-order valence-corrected chi connectivity index (χ3v) is 5.37. The van der Waals surface area contributed by atoms with E-state index in [1.807, 2.05) is 0 Å². The lowest BCUT2D eigenvalue weighted by Gasteiger charge is -2.27. The van der Waals surface area contributed by atoms with Crippen molar-refractivity contribution in [1.82, 2.24) is 0 Å². The van der Waals surface area contributed by atoms with Crippen molar-refractivity contribution in [2.45, 2.75) is 13.3 Å². The van der Waals surface area contributed by atoms with Gasteiger partial charge in [-0.1, -0.05) is 55.5 Å². The second-order valence-electron chi connectivity index (χ2n) is 6.89. The molecule has 4 rings (SSSR count). The quantitative estimate of drug-likeness (QED) is 0.779. The maximum atomic E-state index is 12.8. The molecule has 0 aliphatic heterocycles. The summed E-state index contributed by atoms with van der Waals surface area (Å²) < 4.78 is 0. The third-order valence-electron chi connectivity index (χ3n) is 5.37. The van der Waals surface area contributed by atoms with E-state index in [0.717, 1.165) is 0 Å². The smallest absolute Gasteiger partial charge is 0.234 e. The first-order valence-corrected chi connectivity index (χ1v) is 9.11. The summed E-state index contributed by atoms with van der Waals surface area (Å²) >= 11 is 0. The van der Waals surface area contributed by atoms with Gasteiger partial charge in [-0.2, -0.15) is 0 Å². The van der Waals surface area contributed by atoms with Gasteiger partial charge in [-0.05, 0) is 6.42 Å². The van der Waals surface area contributed by atoms with Crippen LogP contribution in [0.4, 0.5) is 0 Å². The Labute approximate surface area is 165 Å². The first-order chi connectivity index (χ1) is 13.9. The predicted octanol–water partition coefficient (Wildman–Crippen LogP) is 3.48. The zero-order valence-electron chi connectivity index (χ0n) is 15.4. The minimum absolute atomic E-state index is 0.0724. The number of aliphatic hydroxyl groups excluding tert-OH is 2. The van der Waals surface area contributed by atoms with E-state index in [2.05, 4.69) is 0 Å². The minimum Gasteiger partial charge on any atom is -0.507 e. The van der Waals surface area contributed by atoms with E-state index in [4.69, 9.17) is 0 Å². The summed E-state index contributed by atoms with van der Waals surface area (Å²) in [6.45, 7) is 1.64. The number of hydrogen-bond acceptors (Lipinski definition) is 6. The number of benzene rings is 2. The number of fused-ring (bicyclic) bond motifs is 2. The van der Waals surface area contributed by atoms with Crippen molar-refractivity contribution in [2.24, 2.45) is 5.92 Å². The normalized spacial score (nSPS) is 16.5. The van der Waals surface area contributed by atoms with Crippen molar-refractivity contribution < 1.29 is 29.4 Å². The van der Waals surface area contributed by atoms with Gasteiger partial charge in [0, 0.05) is 28.2 Å². The molecule has 2 N–H and O–H groups in total. The maximum absolute atomic E-state index is 12.8. The highest BCUT2D eigenvalue weighted by Gasteiger charge is 2.43. The molecule has 2 aliphatic rings. The van der Waals surface area contributed by atoms with Crippen LogP contribution in [0.25, 0.3) is 11.5 Å². The fourth-order valence-electron chi connectivity index (χ4n) is 3.97. The molecule has 0 unspecified atom stereocenters. The van der Waals surface area contributed by atoms with E-state index < -0.39 is 40.6 Å². The van der Waals surface area contributed by atoms with Crippen molar-refractivity contribution in [3.05, 3.63) is 81.9 Å². The molecule has 0 aromatic heterocycles. The topological polar surface area (TPSA) is 109 Å². The Morgan fingerprint density at radius 3 is 1.31 bits per heavy atom. The molecule has 144 valence electrons. The van der Waals surface area contributed by atoms with Gasteiger partial charge in [0.15, 0.2) is 0 Å². The summed E-state index contributed by atoms with van der Waals surface area (Å²) in [6, 6.07) is 12.2. The molecule has 2 aromatic carbocycles. The van der Waals surface area contributed by atoms with Gasteiger partial charge in [-0.25, -0.2) is 0 Å². The molecule has 0 saturated heterocycles.